The number of carbonyl (C=O) groups excluding carboxylic acids is 2. The SMILES string of the molecule is C.C.CC1(C)OB(c2ccc(C=O)cc2)OC1(C)C.Cc1cc(-c2ccc3ncc(-c4ccc(C=O)cc4)n3n2)ccn1.Cc1cc(-c2ccc3ncc(-c4ccc(CN5CCCC(F)(F)C5)cc4)n3n2)ccn1.Cc1cc(-c2ccc3ncc(Br)n3n2)ccn1.FC1(F)CCCNC1. The van der Waals surface area contributed by atoms with Crippen LogP contribution in [0.3, 0.4) is 0 Å². The summed E-state index contributed by atoms with van der Waals surface area (Å²) >= 11 is 3.41. The summed E-state index contributed by atoms with van der Waals surface area (Å²) in [5.74, 6) is -5.01. The van der Waals surface area contributed by atoms with Gasteiger partial charge in [-0.15, -0.1) is 0 Å². The molecule has 0 amide bonds. The van der Waals surface area contributed by atoms with Crippen molar-refractivity contribution >= 4 is 58.0 Å². The molecule has 0 saturated carbocycles. The van der Waals surface area contributed by atoms with Gasteiger partial charge in [-0.2, -0.15) is 15.3 Å². The first-order chi connectivity index (χ1) is 46.5. The van der Waals surface area contributed by atoms with Crippen LogP contribution < -0.4 is 10.8 Å². The second-order valence-corrected chi connectivity index (χ2v) is 25.8. The van der Waals surface area contributed by atoms with Crippen molar-refractivity contribution in [3.05, 3.63) is 221 Å². The summed E-state index contributed by atoms with van der Waals surface area (Å²) in [6.45, 7) is 15.7. The molecule has 3 saturated heterocycles. The van der Waals surface area contributed by atoms with Crippen molar-refractivity contribution in [2.75, 3.05) is 26.2 Å². The quantitative estimate of drug-likeness (QED) is 0.0770. The molecule has 99 heavy (non-hydrogen) atoms. The minimum atomic E-state index is -2.58. The van der Waals surface area contributed by atoms with Gasteiger partial charge in [0.25, 0.3) is 11.8 Å². The topological polar surface area (TPSA) is 197 Å². The molecular weight excluding hydrogens is 1330 g/mol. The number of aromatic nitrogens is 12. The number of fused-ring (bicyclic) bond motifs is 3. The molecule has 0 spiro atoms. The molecule has 15 rings (SSSR count). The highest BCUT2D eigenvalue weighted by molar-refractivity contribution is 9.10. The second kappa shape index (κ2) is 32.0. The van der Waals surface area contributed by atoms with E-state index >= 15 is 0 Å². The number of imidazole rings is 3. The Morgan fingerprint density at radius 3 is 1.35 bits per heavy atom. The third kappa shape index (κ3) is 18.4. The summed E-state index contributed by atoms with van der Waals surface area (Å²) in [6, 6.07) is 46.2. The highest BCUT2D eigenvalue weighted by Gasteiger charge is 2.51. The summed E-state index contributed by atoms with van der Waals surface area (Å²) in [5, 5.41) is 16.7. The number of aryl methyl sites for hydroxylation is 3. The normalized spacial score (nSPS) is 15.7. The number of benzene rings is 3. The number of carbonyl (C=O) groups is 2. The molecule has 3 aliphatic heterocycles. The van der Waals surface area contributed by atoms with Gasteiger partial charge < -0.3 is 14.6 Å². The van der Waals surface area contributed by atoms with E-state index in [2.05, 4.69) is 56.2 Å². The third-order valence-electron chi connectivity index (χ3n) is 17.0. The lowest BCUT2D eigenvalue weighted by atomic mass is 9.79. The van der Waals surface area contributed by atoms with Crippen LogP contribution in [0.15, 0.2) is 187 Å². The predicted molar refractivity (Wildman–Crippen MR) is 384 cm³/mol. The maximum atomic E-state index is 13.7. The number of piperidine rings is 2. The number of hydrogen-bond donors (Lipinski definition) is 1. The molecule has 3 aromatic carbocycles. The van der Waals surface area contributed by atoms with E-state index in [1.165, 1.54) is 0 Å². The first-order valence-corrected chi connectivity index (χ1v) is 32.5. The van der Waals surface area contributed by atoms with Gasteiger partial charge in [-0.25, -0.2) is 46.1 Å². The number of aldehydes is 2. The van der Waals surface area contributed by atoms with Gasteiger partial charge in [0.15, 0.2) is 16.9 Å². The molecule has 3 fully saturated rings. The lowest BCUT2D eigenvalue weighted by Gasteiger charge is -2.32. The van der Waals surface area contributed by atoms with Crippen molar-refractivity contribution in [2.24, 2.45) is 0 Å². The Morgan fingerprint density at radius 2 is 0.939 bits per heavy atom. The van der Waals surface area contributed by atoms with E-state index < -0.39 is 11.8 Å². The van der Waals surface area contributed by atoms with Gasteiger partial charge in [0.05, 0.1) is 71.4 Å². The van der Waals surface area contributed by atoms with Crippen LogP contribution in [-0.4, -0.2) is 133 Å². The van der Waals surface area contributed by atoms with Gasteiger partial charge in [-0.05, 0) is 174 Å². The van der Waals surface area contributed by atoms with Crippen molar-refractivity contribution in [1.29, 1.82) is 0 Å². The van der Waals surface area contributed by atoms with E-state index in [1.807, 2.05) is 190 Å². The van der Waals surface area contributed by atoms with Crippen molar-refractivity contribution in [2.45, 2.75) is 119 Å². The molecule has 0 atom stereocenters. The van der Waals surface area contributed by atoms with Crippen molar-refractivity contribution in [1.82, 2.24) is 69.0 Å². The van der Waals surface area contributed by atoms with Crippen LogP contribution in [0.4, 0.5) is 17.6 Å². The van der Waals surface area contributed by atoms with E-state index in [0.717, 1.165) is 125 Å². The number of nitrogens with one attached hydrogen (secondary N) is 1. The van der Waals surface area contributed by atoms with Crippen molar-refractivity contribution in [3.8, 4) is 56.3 Å². The van der Waals surface area contributed by atoms with Gasteiger partial charge >= 0.3 is 7.12 Å². The van der Waals surface area contributed by atoms with Crippen LogP contribution in [0.5, 0.6) is 0 Å². The van der Waals surface area contributed by atoms with Crippen LogP contribution in [0.1, 0.15) is 112 Å². The molecule has 1 N–H and O–H groups in total. The van der Waals surface area contributed by atoms with Gasteiger partial charge in [0.1, 0.15) is 17.2 Å². The number of rotatable bonds is 10. The van der Waals surface area contributed by atoms with E-state index in [9.17, 15) is 27.2 Å². The highest BCUT2D eigenvalue weighted by atomic mass is 79.9. The van der Waals surface area contributed by atoms with Crippen LogP contribution in [0, 0.1) is 20.8 Å². The Bertz CT molecular complexity index is 4680. The van der Waals surface area contributed by atoms with Crippen molar-refractivity contribution < 1.29 is 36.5 Å². The number of likely N-dealkylation sites (tertiary alicyclic amines) is 1. The second-order valence-electron chi connectivity index (χ2n) is 25.0. The van der Waals surface area contributed by atoms with Gasteiger partial charge in [-0.1, -0.05) is 87.6 Å². The molecule has 12 heterocycles. The minimum absolute atomic E-state index is 0. The first-order valence-electron chi connectivity index (χ1n) is 31.7. The summed E-state index contributed by atoms with van der Waals surface area (Å²) in [4.78, 5) is 49.0. The summed E-state index contributed by atoms with van der Waals surface area (Å²) < 4.78 is 69.7. The molecular formula is C75H80BBrF4N14O4. The maximum absolute atomic E-state index is 13.7. The van der Waals surface area contributed by atoms with Crippen LogP contribution in [0.2, 0.25) is 0 Å². The number of nitrogens with zero attached hydrogens (tertiary/aromatic N) is 13. The zero-order chi connectivity index (χ0) is 68.5. The summed E-state index contributed by atoms with van der Waals surface area (Å²) in [5.41, 5.74) is 17.2. The molecule has 0 bridgehead atoms. The number of hydrogen-bond acceptors (Lipinski definition) is 15. The predicted octanol–water partition coefficient (Wildman–Crippen LogP) is 15.5. The number of halogens is 5. The van der Waals surface area contributed by atoms with Gasteiger partial charge in [-0.3, -0.25) is 29.4 Å². The summed E-state index contributed by atoms with van der Waals surface area (Å²) in [7, 11) is -0.360. The fourth-order valence-electron chi connectivity index (χ4n) is 11.1. The lowest BCUT2D eigenvalue weighted by molar-refractivity contribution is -0.0661. The Labute approximate surface area is 582 Å². The van der Waals surface area contributed by atoms with Crippen LogP contribution in [-0.2, 0) is 15.9 Å². The average molecular weight is 1410 g/mol. The van der Waals surface area contributed by atoms with E-state index in [4.69, 9.17) is 19.5 Å². The molecule has 18 nitrogen and oxygen atoms in total. The number of alkyl halides is 4. The van der Waals surface area contributed by atoms with E-state index in [0.29, 0.717) is 37.1 Å². The zero-order valence-electron chi connectivity index (χ0n) is 54.8. The third-order valence-corrected chi connectivity index (χ3v) is 17.5. The molecule has 0 radical (unpaired) electrons. The van der Waals surface area contributed by atoms with Crippen LogP contribution >= 0.6 is 15.9 Å². The Hall–Kier alpha value is -9.59. The molecule has 3 aliphatic rings. The Kier molecular flexibility index (Phi) is 23.8. The molecule has 24 heteroatoms. The average Bonchev–Trinajstić information content (AvgIpc) is 1.64. The van der Waals surface area contributed by atoms with E-state index in [-0.39, 0.29) is 59.1 Å². The molecule has 9 aromatic heterocycles. The standard InChI is InChI=1S/C24H23F2N5.C19H14N4O.C13H17BO3.C12H9BrN4.C5H9F2N.2CH4/c1-17-13-20(9-11-27-17)21-7-8-23-28-14-22(31(23)29-21)19-5-3-18(4-6-19)15-30-12-2-10-24(25,26)16-30;1-13-10-16(8-9-20-13)17-6-7-19-21-11-18(23(19)22-17)15-4-2-14(12-24)3-5-15;1-12(2)13(3,4)17-14(16-12)11-7-5-10(9-15)6-8-11;1-8-6-9(4-5-14-8)10-2-3-12-15-7-11(13)17(12)16-10;6-5(7)2-1-3-8-4-5;;/h3-9,11,13-14H,2,10,12,15-16H2,1H3;2-12H,1H3;5-9H,1-4H3;2-7H,1H3;8H,1-4H2;2*1H4. The number of pyridine rings is 3. The molecule has 512 valence electrons. The summed E-state index contributed by atoms with van der Waals surface area (Å²) in [6.07, 6.45) is 13.5. The smallest absolute Gasteiger partial charge is 0.399 e. The first kappa shape index (κ1) is 73.7. The maximum Gasteiger partial charge on any atom is 0.494 e. The zero-order valence-corrected chi connectivity index (χ0v) is 56.3. The Morgan fingerprint density at radius 1 is 0.515 bits per heavy atom. The minimum Gasteiger partial charge on any atom is -0.399 e. The largest absolute Gasteiger partial charge is 0.494 e. The van der Waals surface area contributed by atoms with Crippen molar-refractivity contribution in [3.63, 3.8) is 0 Å². The fourth-order valence-corrected chi connectivity index (χ4v) is 11.4. The van der Waals surface area contributed by atoms with Gasteiger partial charge in [0.2, 0.25) is 0 Å². The molecule has 0 aliphatic carbocycles. The molecule has 12 aromatic rings. The Balaban J connectivity index is 0.000000151. The highest BCUT2D eigenvalue weighted by Crippen LogP contribution is 2.37. The lowest BCUT2D eigenvalue weighted by Crippen LogP contribution is -2.41. The fraction of sp³-hybridized carbons (Fsp3) is 0.293. The van der Waals surface area contributed by atoms with E-state index in [1.54, 1.807) is 59.8 Å². The van der Waals surface area contributed by atoms with Crippen LogP contribution in [0.25, 0.3) is 73.2 Å². The van der Waals surface area contributed by atoms with Gasteiger partial charge in [0, 0.05) is 94.0 Å². The monoisotopic (exact) mass is 1410 g/mol. The molecule has 0 unspecified atom stereocenters.